The van der Waals surface area contributed by atoms with Crippen LogP contribution in [0.5, 0.6) is 0 Å². The molecular formula is C22H29OS+. The van der Waals surface area contributed by atoms with E-state index in [2.05, 4.69) is 30.3 Å². The standard InChI is InChI=1S/C22H29OS/c23-21(22-13-16-10-17(14-22)12-18(11-16)15-22)20(24-8-4-5-9-24)19-6-2-1-3-7-19/h1-3,6-7,16-18,20H,4-5,8-15H2/q+1. The molecule has 0 aromatic heterocycles. The van der Waals surface area contributed by atoms with Gasteiger partial charge >= 0.3 is 0 Å². The fourth-order valence-electron chi connectivity index (χ4n) is 6.73. The zero-order chi connectivity index (χ0) is 16.1. The lowest BCUT2D eigenvalue weighted by Crippen LogP contribution is -2.52. The van der Waals surface area contributed by atoms with Crippen LogP contribution in [0.4, 0.5) is 0 Å². The van der Waals surface area contributed by atoms with E-state index in [-0.39, 0.29) is 10.7 Å². The fourth-order valence-corrected chi connectivity index (χ4v) is 9.65. The number of rotatable bonds is 4. The van der Waals surface area contributed by atoms with Crippen LogP contribution in [0.25, 0.3) is 0 Å². The summed E-state index contributed by atoms with van der Waals surface area (Å²) in [5.41, 5.74) is 1.38. The average Bonchev–Trinajstić information content (AvgIpc) is 3.09. The Morgan fingerprint density at radius 1 is 0.917 bits per heavy atom. The van der Waals surface area contributed by atoms with Gasteiger partial charge in [-0.15, -0.1) is 0 Å². The minimum absolute atomic E-state index is 0.0604. The van der Waals surface area contributed by atoms with Gasteiger partial charge in [-0.3, -0.25) is 4.79 Å². The molecular weight excluding hydrogens is 312 g/mol. The number of carbonyl (C=O) groups is 1. The molecule has 1 saturated heterocycles. The molecule has 0 N–H and O–H groups in total. The molecule has 128 valence electrons. The molecule has 1 aromatic carbocycles. The SMILES string of the molecule is O=C(C(c1ccccc1)[S+]1CCCC1)C12CC3CC(CC(C3)C1)C2. The molecule has 6 rings (SSSR count). The van der Waals surface area contributed by atoms with Crippen molar-refractivity contribution in [2.75, 3.05) is 11.5 Å². The van der Waals surface area contributed by atoms with E-state index in [1.165, 1.54) is 68.4 Å². The first-order chi connectivity index (χ1) is 11.7. The molecule has 0 amide bonds. The molecule has 1 aromatic rings. The first kappa shape index (κ1) is 15.5. The molecule has 1 heterocycles. The summed E-state index contributed by atoms with van der Waals surface area (Å²) in [7, 11) is 0.292. The second-order valence-electron chi connectivity index (χ2n) is 9.01. The van der Waals surface area contributed by atoms with Gasteiger partial charge in [-0.25, -0.2) is 0 Å². The molecule has 5 aliphatic rings. The van der Waals surface area contributed by atoms with E-state index >= 15 is 0 Å². The third-order valence-corrected chi connectivity index (χ3v) is 10.1. The summed E-state index contributed by atoms with van der Waals surface area (Å²) >= 11 is 0. The van der Waals surface area contributed by atoms with Crippen LogP contribution in [0.15, 0.2) is 30.3 Å². The molecule has 1 aliphatic heterocycles. The van der Waals surface area contributed by atoms with Crippen molar-refractivity contribution in [3.63, 3.8) is 0 Å². The third-order valence-electron chi connectivity index (χ3n) is 7.30. The maximum Gasteiger partial charge on any atom is 0.201 e. The fraction of sp³-hybridized carbons (Fsp3) is 0.682. The Morgan fingerprint density at radius 3 is 2.00 bits per heavy atom. The molecule has 5 fully saturated rings. The van der Waals surface area contributed by atoms with Gasteiger partial charge in [0.2, 0.25) is 5.25 Å². The summed E-state index contributed by atoms with van der Waals surface area (Å²) in [4.78, 5) is 14.0. The van der Waals surface area contributed by atoms with Crippen LogP contribution in [0.1, 0.15) is 62.2 Å². The van der Waals surface area contributed by atoms with Crippen LogP contribution in [0.2, 0.25) is 0 Å². The van der Waals surface area contributed by atoms with E-state index in [0.717, 1.165) is 17.8 Å². The maximum atomic E-state index is 14.0. The van der Waals surface area contributed by atoms with Crippen LogP contribution in [0.3, 0.4) is 0 Å². The summed E-state index contributed by atoms with van der Waals surface area (Å²) in [5.74, 6) is 5.84. The molecule has 1 atom stereocenters. The average molecular weight is 342 g/mol. The normalized spacial score (nSPS) is 39.2. The number of ketones is 1. The maximum absolute atomic E-state index is 14.0. The highest BCUT2D eigenvalue weighted by atomic mass is 32.2. The van der Waals surface area contributed by atoms with Crippen molar-refractivity contribution >= 4 is 16.7 Å². The minimum atomic E-state index is 0.0604. The summed E-state index contributed by atoms with van der Waals surface area (Å²) < 4.78 is 0. The van der Waals surface area contributed by atoms with Gasteiger partial charge in [0.1, 0.15) is 11.5 Å². The topological polar surface area (TPSA) is 17.1 Å². The Morgan fingerprint density at radius 2 is 1.46 bits per heavy atom. The summed E-state index contributed by atoms with van der Waals surface area (Å²) in [6.07, 6.45) is 10.6. The first-order valence-electron chi connectivity index (χ1n) is 9.99. The lowest BCUT2D eigenvalue weighted by molar-refractivity contribution is -0.143. The molecule has 1 unspecified atom stereocenters. The number of benzene rings is 1. The zero-order valence-corrected chi connectivity index (χ0v) is 15.4. The van der Waals surface area contributed by atoms with Gasteiger partial charge in [0.05, 0.1) is 0 Å². The van der Waals surface area contributed by atoms with Gasteiger partial charge in [0.15, 0.2) is 5.78 Å². The predicted molar refractivity (Wildman–Crippen MR) is 101 cm³/mol. The van der Waals surface area contributed by atoms with Crippen molar-refractivity contribution in [1.29, 1.82) is 0 Å². The van der Waals surface area contributed by atoms with Crippen LogP contribution < -0.4 is 0 Å². The highest BCUT2D eigenvalue weighted by Crippen LogP contribution is 2.61. The van der Waals surface area contributed by atoms with E-state index in [1.54, 1.807) is 0 Å². The summed E-state index contributed by atoms with van der Waals surface area (Å²) in [6.45, 7) is 0. The third kappa shape index (κ3) is 2.48. The van der Waals surface area contributed by atoms with Crippen LogP contribution in [0, 0.1) is 23.2 Å². The summed E-state index contributed by atoms with van der Waals surface area (Å²) in [6, 6.07) is 10.8. The molecule has 24 heavy (non-hydrogen) atoms. The zero-order valence-electron chi connectivity index (χ0n) is 14.6. The van der Waals surface area contributed by atoms with E-state index < -0.39 is 0 Å². The molecule has 4 saturated carbocycles. The monoisotopic (exact) mass is 341 g/mol. The van der Waals surface area contributed by atoms with Crippen LogP contribution in [-0.2, 0) is 15.7 Å². The van der Waals surface area contributed by atoms with Crippen molar-refractivity contribution in [1.82, 2.24) is 0 Å². The molecule has 2 heteroatoms. The van der Waals surface area contributed by atoms with Crippen molar-refractivity contribution < 1.29 is 4.79 Å². The highest BCUT2D eigenvalue weighted by Gasteiger charge is 2.58. The van der Waals surface area contributed by atoms with Gasteiger partial charge < -0.3 is 0 Å². The Labute approximate surface area is 148 Å². The molecule has 4 aliphatic carbocycles. The predicted octanol–water partition coefficient (Wildman–Crippen LogP) is 4.93. The molecule has 0 spiro atoms. The van der Waals surface area contributed by atoms with Gasteiger partial charge in [-0.2, -0.15) is 0 Å². The quantitative estimate of drug-likeness (QED) is 0.710. The number of carbonyl (C=O) groups excluding carboxylic acids is 1. The second kappa shape index (κ2) is 5.90. The smallest absolute Gasteiger partial charge is 0.201 e. The van der Waals surface area contributed by atoms with Gasteiger partial charge in [-0.1, -0.05) is 30.3 Å². The van der Waals surface area contributed by atoms with Gasteiger partial charge in [-0.05, 0) is 69.1 Å². The van der Waals surface area contributed by atoms with E-state index in [4.69, 9.17) is 0 Å². The first-order valence-corrected chi connectivity index (χ1v) is 11.6. The van der Waals surface area contributed by atoms with Crippen LogP contribution in [-0.4, -0.2) is 17.3 Å². The number of hydrogen-bond acceptors (Lipinski definition) is 1. The van der Waals surface area contributed by atoms with Crippen LogP contribution >= 0.6 is 0 Å². The van der Waals surface area contributed by atoms with E-state index in [9.17, 15) is 4.79 Å². The minimum Gasteiger partial charge on any atom is -0.293 e. The Bertz CT molecular complexity index is 581. The van der Waals surface area contributed by atoms with E-state index in [0.29, 0.717) is 16.7 Å². The number of hydrogen-bond donors (Lipinski definition) is 0. The highest BCUT2D eigenvalue weighted by molar-refractivity contribution is 7.98. The molecule has 4 bridgehead atoms. The van der Waals surface area contributed by atoms with Crippen molar-refractivity contribution in [2.45, 2.75) is 56.6 Å². The van der Waals surface area contributed by atoms with E-state index in [1.807, 2.05) is 0 Å². The lowest BCUT2D eigenvalue weighted by Gasteiger charge is -2.56. The van der Waals surface area contributed by atoms with Gasteiger partial charge in [0, 0.05) is 21.9 Å². The largest absolute Gasteiger partial charge is 0.293 e. The van der Waals surface area contributed by atoms with Crippen molar-refractivity contribution in [3.05, 3.63) is 35.9 Å². The van der Waals surface area contributed by atoms with Crippen molar-refractivity contribution in [2.24, 2.45) is 23.2 Å². The second-order valence-corrected chi connectivity index (χ2v) is 11.4. The Balaban J connectivity index is 1.50. The molecule has 0 radical (unpaired) electrons. The number of Topliss-reactive ketones (excluding diaryl/α,β-unsaturated/α-hetero) is 1. The van der Waals surface area contributed by atoms with Gasteiger partial charge in [0.25, 0.3) is 0 Å². The van der Waals surface area contributed by atoms with Crippen molar-refractivity contribution in [3.8, 4) is 0 Å². The Kier molecular flexibility index (Phi) is 3.81. The summed E-state index contributed by atoms with van der Waals surface area (Å²) in [5, 5.41) is 0.213. The molecule has 1 nitrogen and oxygen atoms in total. The Hall–Kier alpha value is -0.760. The lowest BCUT2D eigenvalue weighted by atomic mass is 9.48.